The van der Waals surface area contributed by atoms with Crippen LogP contribution in [0.15, 0.2) is 33.7 Å². The molecular weight excluding hydrogens is 325 g/mol. The summed E-state index contributed by atoms with van der Waals surface area (Å²) in [5.74, 6) is -0.208. The third-order valence-electron chi connectivity index (χ3n) is 3.59. The summed E-state index contributed by atoms with van der Waals surface area (Å²) in [7, 11) is 1.60. The zero-order chi connectivity index (χ0) is 14.3. The molecule has 0 fully saturated rings. The number of aromatic nitrogens is 2. The van der Waals surface area contributed by atoms with E-state index in [-0.39, 0.29) is 17.4 Å². The van der Waals surface area contributed by atoms with Gasteiger partial charge < -0.3 is 5.32 Å². The Morgan fingerprint density at radius 2 is 2.30 bits per heavy atom. The Morgan fingerprint density at radius 1 is 1.50 bits per heavy atom. The monoisotopic (exact) mass is 337 g/mol. The van der Waals surface area contributed by atoms with E-state index >= 15 is 0 Å². The van der Waals surface area contributed by atoms with Gasteiger partial charge in [-0.3, -0.25) is 4.79 Å². The second kappa shape index (κ2) is 5.01. The molecule has 0 spiro atoms. The van der Waals surface area contributed by atoms with E-state index in [1.54, 1.807) is 25.4 Å². The van der Waals surface area contributed by atoms with Crippen LogP contribution in [0.4, 0.5) is 10.1 Å². The van der Waals surface area contributed by atoms with Crippen molar-refractivity contribution in [3.05, 3.63) is 56.2 Å². The highest BCUT2D eigenvalue weighted by Gasteiger charge is 2.23. The van der Waals surface area contributed by atoms with Crippen LogP contribution >= 0.6 is 15.9 Å². The zero-order valence-electron chi connectivity index (χ0n) is 10.9. The van der Waals surface area contributed by atoms with Crippen LogP contribution in [0.1, 0.15) is 23.6 Å². The molecule has 1 aliphatic rings. The summed E-state index contributed by atoms with van der Waals surface area (Å²) in [5.41, 5.74) is 2.58. The lowest BCUT2D eigenvalue weighted by Crippen LogP contribution is -2.22. The lowest BCUT2D eigenvalue weighted by Gasteiger charge is -2.16. The maximum atomic E-state index is 13.2. The van der Waals surface area contributed by atoms with Crippen molar-refractivity contribution < 1.29 is 4.39 Å². The van der Waals surface area contributed by atoms with Crippen LogP contribution in [0.25, 0.3) is 0 Å². The molecule has 2 aromatic rings. The predicted molar refractivity (Wildman–Crippen MR) is 78.3 cm³/mol. The molecule has 3 rings (SSSR count). The van der Waals surface area contributed by atoms with Crippen LogP contribution in [0.3, 0.4) is 0 Å². The lowest BCUT2D eigenvalue weighted by molar-refractivity contribution is 0.626. The van der Waals surface area contributed by atoms with Gasteiger partial charge in [0.05, 0.1) is 17.9 Å². The quantitative estimate of drug-likeness (QED) is 0.916. The highest BCUT2D eigenvalue weighted by Crippen LogP contribution is 2.35. The fraction of sp³-hybridized carbons (Fsp3) is 0.286. The van der Waals surface area contributed by atoms with Gasteiger partial charge in [-0.1, -0.05) is 6.07 Å². The molecule has 1 N–H and O–H groups in total. The number of anilines is 1. The fourth-order valence-electron chi connectivity index (χ4n) is 2.54. The standard InChI is InChI=1S/C14H13BrFN3O/c1-19-14(20)13(15)12(7-17-19)18-11-5-2-8-6-9(16)3-4-10(8)11/h3-4,6-7,11,18H,2,5H2,1H3. The van der Waals surface area contributed by atoms with Crippen molar-refractivity contribution in [1.82, 2.24) is 9.78 Å². The first-order valence-corrected chi connectivity index (χ1v) is 7.12. The molecule has 0 saturated heterocycles. The topological polar surface area (TPSA) is 46.9 Å². The maximum Gasteiger partial charge on any atom is 0.282 e. The van der Waals surface area contributed by atoms with E-state index in [1.807, 2.05) is 0 Å². The second-order valence-corrected chi connectivity index (χ2v) is 5.67. The van der Waals surface area contributed by atoms with Crippen LogP contribution in [0, 0.1) is 5.82 Å². The Labute approximate surface area is 123 Å². The number of hydrogen-bond acceptors (Lipinski definition) is 3. The van der Waals surface area contributed by atoms with Crippen molar-refractivity contribution >= 4 is 21.6 Å². The minimum atomic E-state index is -0.208. The van der Waals surface area contributed by atoms with Gasteiger partial charge in [-0.15, -0.1) is 0 Å². The molecule has 1 aliphatic carbocycles. The van der Waals surface area contributed by atoms with Gasteiger partial charge in [0, 0.05) is 7.05 Å². The number of aryl methyl sites for hydroxylation is 2. The summed E-state index contributed by atoms with van der Waals surface area (Å²) in [6, 6.07) is 4.93. The average Bonchev–Trinajstić information content (AvgIpc) is 2.82. The van der Waals surface area contributed by atoms with E-state index in [9.17, 15) is 9.18 Å². The Balaban J connectivity index is 1.92. The van der Waals surface area contributed by atoms with Crippen molar-refractivity contribution in [1.29, 1.82) is 0 Å². The van der Waals surface area contributed by atoms with Crippen LogP contribution in [0.5, 0.6) is 0 Å². The second-order valence-electron chi connectivity index (χ2n) is 4.88. The SMILES string of the molecule is Cn1ncc(NC2CCc3cc(F)ccc32)c(Br)c1=O. The molecule has 1 aromatic carbocycles. The maximum absolute atomic E-state index is 13.2. The van der Waals surface area contributed by atoms with Gasteiger partial charge in [-0.2, -0.15) is 5.10 Å². The van der Waals surface area contributed by atoms with E-state index < -0.39 is 0 Å². The van der Waals surface area contributed by atoms with Crippen LogP contribution in [-0.4, -0.2) is 9.78 Å². The summed E-state index contributed by atoms with van der Waals surface area (Å²) < 4.78 is 14.9. The van der Waals surface area contributed by atoms with Gasteiger partial charge >= 0.3 is 0 Å². The molecule has 0 aliphatic heterocycles. The molecule has 20 heavy (non-hydrogen) atoms. The Kier molecular flexibility index (Phi) is 3.33. The van der Waals surface area contributed by atoms with Crippen molar-refractivity contribution in [3.8, 4) is 0 Å². The van der Waals surface area contributed by atoms with E-state index in [1.165, 1.54) is 10.7 Å². The molecular formula is C14H13BrFN3O. The summed E-state index contributed by atoms with van der Waals surface area (Å²) in [6.45, 7) is 0. The summed E-state index contributed by atoms with van der Waals surface area (Å²) in [6.07, 6.45) is 3.33. The molecule has 1 aromatic heterocycles. The summed E-state index contributed by atoms with van der Waals surface area (Å²) >= 11 is 3.29. The predicted octanol–water partition coefficient (Wildman–Crippen LogP) is 2.78. The molecule has 104 valence electrons. The first-order chi connectivity index (χ1) is 9.56. The molecule has 1 atom stereocenters. The number of nitrogens with one attached hydrogen (secondary N) is 1. The van der Waals surface area contributed by atoms with E-state index in [0.717, 1.165) is 24.0 Å². The minimum absolute atomic E-state index is 0.0795. The van der Waals surface area contributed by atoms with Crippen molar-refractivity contribution in [2.24, 2.45) is 7.05 Å². The third-order valence-corrected chi connectivity index (χ3v) is 4.36. The molecule has 0 saturated carbocycles. The average molecular weight is 338 g/mol. The highest BCUT2D eigenvalue weighted by molar-refractivity contribution is 9.10. The largest absolute Gasteiger partial charge is 0.376 e. The van der Waals surface area contributed by atoms with Crippen molar-refractivity contribution in [3.63, 3.8) is 0 Å². The van der Waals surface area contributed by atoms with Gasteiger partial charge in [0.15, 0.2) is 0 Å². The molecule has 1 heterocycles. The summed E-state index contributed by atoms with van der Waals surface area (Å²) in [4.78, 5) is 11.8. The smallest absolute Gasteiger partial charge is 0.282 e. The van der Waals surface area contributed by atoms with E-state index in [0.29, 0.717) is 10.2 Å². The third kappa shape index (κ3) is 2.24. The van der Waals surface area contributed by atoms with Gasteiger partial charge in [-0.05, 0) is 52.0 Å². The van der Waals surface area contributed by atoms with Crippen molar-refractivity contribution in [2.45, 2.75) is 18.9 Å². The molecule has 1 unspecified atom stereocenters. The number of rotatable bonds is 2. The summed E-state index contributed by atoms with van der Waals surface area (Å²) in [5, 5.41) is 7.31. The van der Waals surface area contributed by atoms with E-state index in [2.05, 4.69) is 26.3 Å². The minimum Gasteiger partial charge on any atom is -0.376 e. The molecule has 0 amide bonds. The molecule has 4 nitrogen and oxygen atoms in total. The zero-order valence-corrected chi connectivity index (χ0v) is 12.4. The highest BCUT2D eigenvalue weighted by atomic mass is 79.9. The van der Waals surface area contributed by atoms with Crippen molar-refractivity contribution in [2.75, 3.05) is 5.32 Å². The van der Waals surface area contributed by atoms with Gasteiger partial charge in [-0.25, -0.2) is 9.07 Å². The number of fused-ring (bicyclic) bond motifs is 1. The number of halogens is 2. The van der Waals surface area contributed by atoms with E-state index in [4.69, 9.17) is 0 Å². The Hall–Kier alpha value is -1.69. The fourth-order valence-corrected chi connectivity index (χ4v) is 3.01. The molecule has 0 radical (unpaired) electrons. The first kappa shape index (κ1) is 13.3. The van der Waals surface area contributed by atoms with Gasteiger partial charge in [0.2, 0.25) is 0 Å². The number of hydrogen-bond donors (Lipinski definition) is 1. The molecule has 6 heteroatoms. The normalized spacial score (nSPS) is 17.1. The number of nitrogens with zero attached hydrogens (tertiary/aromatic N) is 2. The van der Waals surface area contributed by atoms with Crippen LogP contribution in [-0.2, 0) is 13.5 Å². The Bertz CT molecular complexity index is 729. The first-order valence-electron chi connectivity index (χ1n) is 6.33. The number of benzene rings is 1. The van der Waals surface area contributed by atoms with Crippen LogP contribution < -0.4 is 10.9 Å². The lowest BCUT2D eigenvalue weighted by atomic mass is 10.1. The van der Waals surface area contributed by atoms with Gasteiger partial charge in [0.1, 0.15) is 10.3 Å². The van der Waals surface area contributed by atoms with Gasteiger partial charge in [0.25, 0.3) is 5.56 Å². The Morgan fingerprint density at radius 3 is 3.10 bits per heavy atom. The molecule has 0 bridgehead atoms. The van der Waals surface area contributed by atoms with Crippen LogP contribution in [0.2, 0.25) is 0 Å².